The van der Waals surface area contributed by atoms with Gasteiger partial charge in [-0.05, 0) is 48.5 Å². The molecule has 0 aliphatic carbocycles. The first-order chi connectivity index (χ1) is 7.74. The average Bonchev–Trinajstić information content (AvgIpc) is 2.30. The summed E-state index contributed by atoms with van der Waals surface area (Å²) in [4.78, 5) is 0. The topological polar surface area (TPSA) is 24.1 Å². The fourth-order valence-electron chi connectivity index (χ4n) is 1.21. The van der Waals surface area contributed by atoms with Crippen LogP contribution >= 0.6 is 23.2 Å². The quantitative estimate of drug-likeness (QED) is 0.790. The van der Waals surface area contributed by atoms with E-state index in [-0.39, 0.29) is 0 Å². The highest BCUT2D eigenvalue weighted by Crippen LogP contribution is 2.16. The molecule has 2 rings (SSSR count). The molecule has 4 heteroatoms. The van der Waals surface area contributed by atoms with Crippen molar-refractivity contribution in [1.29, 1.82) is 0 Å². The van der Waals surface area contributed by atoms with Gasteiger partial charge < -0.3 is 10.9 Å². The molecule has 0 fully saturated rings. The Hall–Kier alpha value is -1.38. The Kier molecular flexibility index (Phi) is 3.54. The zero-order valence-corrected chi connectivity index (χ0v) is 9.89. The molecule has 2 N–H and O–H groups in total. The van der Waals surface area contributed by atoms with Crippen LogP contribution in [0, 0.1) is 0 Å². The zero-order valence-electron chi connectivity index (χ0n) is 8.37. The van der Waals surface area contributed by atoms with Gasteiger partial charge in [-0.15, -0.1) is 0 Å². The normalized spacial score (nSPS) is 9.88. The molecule has 0 aliphatic rings. The summed E-state index contributed by atoms with van der Waals surface area (Å²) in [5.74, 6) is 0. The summed E-state index contributed by atoms with van der Waals surface area (Å²) in [6.07, 6.45) is 0. The number of hydrazine groups is 1. The lowest BCUT2D eigenvalue weighted by Gasteiger charge is -2.09. The van der Waals surface area contributed by atoms with Gasteiger partial charge in [0.05, 0.1) is 11.4 Å². The molecule has 0 unspecified atom stereocenters. The van der Waals surface area contributed by atoms with E-state index in [2.05, 4.69) is 10.9 Å². The smallest absolute Gasteiger partial charge is 0.0540 e. The predicted molar refractivity (Wildman–Crippen MR) is 70.1 cm³/mol. The summed E-state index contributed by atoms with van der Waals surface area (Å²) in [6, 6.07) is 14.9. The Morgan fingerprint density at radius 1 is 0.562 bits per heavy atom. The lowest BCUT2D eigenvalue weighted by Crippen LogP contribution is -2.07. The standard InChI is InChI=1S/C12H10Cl2N2/c13-9-1-5-11(6-2-9)15-16-12-7-3-10(14)4-8-12/h1-8,15-16H. The van der Waals surface area contributed by atoms with E-state index in [1.165, 1.54) is 0 Å². The summed E-state index contributed by atoms with van der Waals surface area (Å²) < 4.78 is 0. The summed E-state index contributed by atoms with van der Waals surface area (Å²) >= 11 is 11.6. The number of nitrogens with one attached hydrogen (secondary N) is 2. The minimum Gasteiger partial charge on any atom is -0.301 e. The Morgan fingerprint density at radius 3 is 1.19 bits per heavy atom. The molecule has 0 saturated carbocycles. The third kappa shape index (κ3) is 3.05. The third-order valence-electron chi connectivity index (χ3n) is 2.04. The van der Waals surface area contributed by atoms with Crippen molar-refractivity contribution in [3.05, 3.63) is 58.6 Å². The van der Waals surface area contributed by atoms with Crippen LogP contribution in [-0.4, -0.2) is 0 Å². The van der Waals surface area contributed by atoms with Crippen LogP contribution in [0.5, 0.6) is 0 Å². The highest BCUT2D eigenvalue weighted by Gasteiger charge is 1.93. The van der Waals surface area contributed by atoms with Crippen LogP contribution in [0.3, 0.4) is 0 Å². The summed E-state index contributed by atoms with van der Waals surface area (Å²) in [7, 11) is 0. The molecule has 0 aliphatic heterocycles. The Balaban J connectivity index is 1.97. The van der Waals surface area contributed by atoms with Gasteiger partial charge in [-0.1, -0.05) is 23.2 Å². The first kappa shape index (κ1) is 11.1. The van der Waals surface area contributed by atoms with Crippen LogP contribution in [-0.2, 0) is 0 Å². The highest BCUT2D eigenvalue weighted by molar-refractivity contribution is 6.30. The molecule has 0 amide bonds. The molecule has 16 heavy (non-hydrogen) atoms. The van der Waals surface area contributed by atoms with Crippen molar-refractivity contribution in [3.8, 4) is 0 Å². The number of hydrogen-bond donors (Lipinski definition) is 2. The fourth-order valence-corrected chi connectivity index (χ4v) is 1.46. The maximum atomic E-state index is 5.78. The molecule has 2 nitrogen and oxygen atoms in total. The van der Waals surface area contributed by atoms with E-state index in [0.717, 1.165) is 21.4 Å². The molecule has 2 aromatic carbocycles. The lowest BCUT2D eigenvalue weighted by molar-refractivity contribution is 1.41. The summed E-state index contributed by atoms with van der Waals surface area (Å²) in [5.41, 5.74) is 8.00. The van der Waals surface area contributed by atoms with Gasteiger partial charge in [-0.25, -0.2) is 0 Å². The summed E-state index contributed by atoms with van der Waals surface area (Å²) in [5, 5.41) is 1.44. The fraction of sp³-hybridized carbons (Fsp3) is 0. The summed E-state index contributed by atoms with van der Waals surface area (Å²) in [6.45, 7) is 0. The van der Waals surface area contributed by atoms with Gasteiger partial charge in [0, 0.05) is 10.0 Å². The molecule has 0 spiro atoms. The number of halogens is 2. The van der Waals surface area contributed by atoms with Gasteiger partial charge in [0.25, 0.3) is 0 Å². The maximum absolute atomic E-state index is 5.78. The molecule has 82 valence electrons. The molecule has 2 aromatic rings. The molecular weight excluding hydrogens is 243 g/mol. The van der Waals surface area contributed by atoms with E-state index >= 15 is 0 Å². The maximum Gasteiger partial charge on any atom is 0.0540 e. The van der Waals surface area contributed by atoms with Crippen molar-refractivity contribution in [2.45, 2.75) is 0 Å². The van der Waals surface area contributed by atoms with E-state index < -0.39 is 0 Å². The molecular formula is C12H10Cl2N2. The number of rotatable bonds is 3. The van der Waals surface area contributed by atoms with Crippen LogP contribution in [0.15, 0.2) is 48.5 Å². The number of anilines is 2. The van der Waals surface area contributed by atoms with Crippen LogP contribution in [0.2, 0.25) is 10.0 Å². The van der Waals surface area contributed by atoms with Crippen LogP contribution in [0.25, 0.3) is 0 Å². The van der Waals surface area contributed by atoms with Crippen LogP contribution < -0.4 is 10.9 Å². The van der Waals surface area contributed by atoms with E-state index in [1.54, 1.807) is 0 Å². The molecule has 0 bridgehead atoms. The second-order valence-corrected chi connectivity index (χ2v) is 4.14. The Morgan fingerprint density at radius 2 is 0.875 bits per heavy atom. The first-order valence-corrected chi connectivity index (χ1v) is 5.53. The Labute approximate surface area is 104 Å². The zero-order chi connectivity index (χ0) is 11.4. The van der Waals surface area contributed by atoms with E-state index in [9.17, 15) is 0 Å². The minimum absolute atomic E-state index is 0.719. The van der Waals surface area contributed by atoms with Crippen molar-refractivity contribution < 1.29 is 0 Å². The second-order valence-electron chi connectivity index (χ2n) is 3.26. The van der Waals surface area contributed by atoms with Gasteiger partial charge in [-0.3, -0.25) is 0 Å². The van der Waals surface area contributed by atoms with Crippen LogP contribution in [0.4, 0.5) is 11.4 Å². The molecule has 0 atom stereocenters. The van der Waals surface area contributed by atoms with Gasteiger partial charge in [0.15, 0.2) is 0 Å². The van der Waals surface area contributed by atoms with E-state index in [4.69, 9.17) is 23.2 Å². The third-order valence-corrected chi connectivity index (χ3v) is 2.54. The van der Waals surface area contributed by atoms with Crippen molar-refractivity contribution in [2.24, 2.45) is 0 Å². The lowest BCUT2D eigenvalue weighted by atomic mass is 10.3. The number of hydrogen-bond acceptors (Lipinski definition) is 2. The van der Waals surface area contributed by atoms with Crippen molar-refractivity contribution in [3.63, 3.8) is 0 Å². The van der Waals surface area contributed by atoms with Crippen molar-refractivity contribution >= 4 is 34.6 Å². The van der Waals surface area contributed by atoms with Crippen molar-refractivity contribution in [2.75, 3.05) is 10.9 Å². The van der Waals surface area contributed by atoms with E-state index in [0.29, 0.717) is 0 Å². The minimum atomic E-state index is 0.719. The molecule has 0 heterocycles. The van der Waals surface area contributed by atoms with Gasteiger partial charge in [0.1, 0.15) is 0 Å². The second kappa shape index (κ2) is 5.10. The molecule has 0 radical (unpaired) electrons. The molecule has 0 aromatic heterocycles. The van der Waals surface area contributed by atoms with Gasteiger partial charge >= 0.3 is 0 Å². The largest absolute Gasteiger partial charge is 0.301 e. The van der Waals surface area contributed by atoms with Gasteiger partial charge in [0.2, 0.25) is 0 Å². The molecule has 0 saturated heterocycles. The number of benzene rings is 2. The SMILES string of the molecule is Clc1ccc(NNc2ccc(Cl)cc2)cc1. The highest BCUT2D eigenvalue weighted by atomic mass is 35.5. The van der Waals surface area contributed by atoms with Crippen LogP contribution in [0.1, 0.15) is 0 Å². The average molecular weight is 253 g/mol. The first-order valence-electron chi connectivity index (χ1n) is 4.77. The van der Waals surface area contributed by atoms with Gasteiger partial charge in [-0.2, -0.15) is 0 Å². The van der Waals surface area contributed by atoms with Crippen molar-refractivity contribution in [1.82, 2.24) is 0 Å². The predicted octanol–water partition coefficient (Wildman–Crippen LogP) is 4.43. The monoisotopic (exact) mass is 252 g/mol. The Bertz CT molecular complexity index is 406. The van der Waals surface area contributed by atoms with E-state index in [1.807, 2.05) is 48.5 Å².